The molecular weight excluding hydrogens is 448 g/mol. The van der Waals surface area contributed by atoms with Gasteiger partial charge in [0.1, 0.15) is 12.4 Å². The Kier molecular flexibility index (Phi) is 7.05. The first-order valence-electron chi connectivity index (χ1n) is 12.3. The topological polar surface area (TPSA) is 67.2 Å². The zero-order valence-corrected chi connectivity index (χ0v) is 20.5. The van der Waals surface area contributed by atoms with Crippen LogP contribution in [0.15, 0.2) is 89.7 Å². The number of carbonyl (C=O) groups excluding carboxylic acids is 1. The summed E-state index contributed by atoms with van der Waals surface area (Å²) in [7, 11) is 0. The van der Waals surface area contributed by atoms with Gasteiger partial charge in [-0.05, 0) is 24.5 Å². The lowest BCUT2D eigenvalue weighted by atomic mass is 10.0. The van der Waals surface area contributed by atoms with E-state index in [0.717, 1.165) is 35.5 Å². The van der Waals surface area contributed by atoms with Gasteiger partial charge >= 0.3 is 0 Å². The molecule has 1 N–H and O–H groups in total. The fraction of sp³-hybridized carbons (Fsp3) is 0.233. The molecule has 5 rings (SSSR count). The van der Waals surface area contributed by atoms with E-state index < -0.39 is 0 Å². The Morgan fingerprint density at radius 2 is 1.58 bits per heavy atom. The number of nitrogens with one attached hydrogen (secondary N) is 1. The molecule has 1 aliphatic heterocycles. The van der Waals surface area contributed by atoms with E-state index in [-0.39, 0.29) is 18.0 Å². The average molecular weight is 479 g/mol. The van der Waals surface area contributed by atoms with Crippen LogP contribution in [0.25, 0.3) is 11.4 Å². The summed E-state index contributed by atoms with van der Waals surface area (Å²) in [4.78, 5) is 33.9. The molecule has 2 heterocycles. The summed E-state index contributed by atoms with van der Waals surface area (Å²) in [6.07, 6.45) is 0.619. The molecule has 0 saturated carbocycles. The average Bonchev–Trinajstić information content (AvgIpc) is 2.91. The number of rotatable bonds is 7. The number of amides is 1. The zero-order valence-electron chi connectivity index (χ0n) is 20.5. The number of carbonyl (C=O) groups is 1. The van der Waals surface area contributed by atoms with E-state index in [1.54, 1.807) is 0 Å². The molecule has 0 aliphatic carbocycles. The maximum atomic E-state index is 13.7. The van der Waals surface area contributed by atoms with Gasteiger partial charge in [-0.1, -0.05) is 90.5 Å². The quantitative estimate of drug-likeness (QED) is 0.434. The predicted octanol–water partition coefficient (Wildman–Crippen LogP) is 4.09. The molecule has 0 spiro atoms. The van der Waals surface area contributed by atoms with E-state index in [4.69, 9.17) is 4.98 Å². The Morgan fingerprint density at radius 1 is 0.917 bits per heavy atom. The Hall–Kier alpha value is -4.03. The number of fused-ring (bicyclic) bond motifs is 1. The van der Waals surface area contributed by atoms with Gasteiger partial charge in [-0.15, -0.1) is 0 Å². The summed E-state index contributed by atoms with van der Waals surface area (Å²) in [6, 6.07) is 28.0. The van der Waals surface area contributed by atoms with Gasteiger partial charge in [0.05, 0.1) is 5.69 Å². The highest BCUT2D eigenvalue weighted by molar-refractivity contribution is 5.76. The SMILES string of the molecule is Cc1ccc(-c2nc3c(c(=O)n2CC(=O)NCc2ccccc2)CCN(Cc2ccccc2)C3)cc1. The molecule has 182 valence electrons. The Bertz CT molecular complexity index is 1400. The van der Waals surface area contributed by atoms with Crippen LogP contribution in [-0.2, 0) is 37.4 Å². The minimum atomic E-state index is -0.211. The molecule has 0 bridgehead atoms. The molecule has 6 nitrogen and oxygen atoms in total. The highest BCUT2D eigenvalue weighted by Crippen LogP contribution is 2.22. The summed E-state index contributed by atoms with van der Waals surface area (Å²) < 4.78 is 1.54. The molecule has 36 heavy (non-hydrogen) atoms. The minimum Gasteiger partial charge on any atom is -0.350 e. The van der Waals surface area contributed by atoms with Gasteiger partial charge in [0.15, 0.2) is 0 Å². The van der Waals surface area contributed by atoms with Crippen LogP contribution >= 0.6 is 0 Å². The van der Waals surface area contributed by atoms with Gasteiger partial charge < -0.3 is 5.32 Å². The van der Waals surface area contributed by atoms with E-state index in [2.05, 4.69) is 22.3 Å². The first kappa shape index (κ1) is 23.7. The van der Waals surface area contributed by atoms with Gasteiger partial charge in [-0.25, -0.2) is 4.98 Å². The van der Waals surface area contributed by atoms with Crippen LogP contribution in [0.2, 0.25) is 0 Å². The van der Waals surface area contributed by atoms with Crippen LogP contribution < -0.4 is 10.9 Å². The van der Waals surface area contributed by atoms with Crippen LogP contribution in [0.1, 0.15) is 27.9 Å². The van der Waals surface area contributed by atoms with Crippen molar-refractivity contribution in [2.75, 3.05) is 6.54 Å². The Labute approximate surface area is 211 Å². The van der Waals surface area contributed by atoms with Crippen molar-refractivity contribution in [1.82, 2.24) is 19.8 Å². The van der Waals surface area contributed by atoms with E-state index >= 15 is 0 Å². The predicted molar refractivity (Wildman–Crippen MR) is 141 cm³/mol. The largest absolute Gasteiger partial charge is 0.350 e. The minimum absolute atomic E-state index is 0.0666. The highest BCUT2D eigenvalue weighted by Gasteiger charge is 2.25. The monoisotopic (exact) mass is 478 g/mol. The molecule has 1 aliphatic rings. The van der Waals surface area contributed by atoms with Crippen molar-refractivity contribution in [3.05, 3.63) is 123 Å². The molecule has 3 aromatic carbocycles. The molecule has 6 heteroatoms. The summed E-state index contributed by atoms with van der Waals surface area (Å²) >= 11 is 0. The third kappa shape index (κ3) is 5.44. The van der Waals surface area contributed by atoms with Gasteiger partial charge in [-0.2, -0.15) is 0 Å². The Balaban J connectivity index is 1.44. The molecule has 1 amide bonds. The van der Waals surface area contributed by atoms with Crippen LogP contribution in [0.3, 0.4) is 0 Å². The van der Waals surface area contributed by atoms with Crippen LogP contribution in [0.4, 0.5) is 0 Å². The number of hydrogen-bond donors (Lipinski definition) is 1. The second-order valence-electron chi connectivity index (χ2n) is 9.33. The van der Waals surface area contributed by atoms with Gasteiger partial charge in [0.2, 0.25) is 5.91 Å². The van der Waals surface area contributed by atoms with Crippen molar-refractivity contribution in [2.45, 2.75) is 39.5 Å². The number of hydrogen-bond acceptors (Lipinski definition) is 4. The number of aromatic nitrogens is 2. The summed E-state index contributed by atoms with van der Waals surface area (Å²) in [5.41, 5.74) is 5.61. The zero-order chi connectivity index (χ0) is 24.9. The molecular formula is C30H30N4O2. The maximum absolute atomic E-state index is 13.7. The standard InChI is InChI=1S/C30H30N4O2/c1-22-12-14-25(15-13-22)29-32-27-20-33(19-24-10-6-3-7-11-24)17-16-26(27)30(36)34(29)21-28(35)31-18-23-8-4-2-5-9-23/h2-15H,16-21H2,1H3,(H,31,35). The van der Waals surface area contributed by atoms with Crippen LogP contribution in [-0.4, -0.2) is 26.9 Å². The lowest BCUT2D eigenvalue weighted by Gasteiger charge is -2.29. The second-order valence-corrected chi connectivity index (χ2v) is 9.33. The Morgan fingerprint density at radius 3 is 2.28 bits per heavy atom. The van der Waals surface area contributed by atoms with E-state index in [1.165, 1.54) is 10.1 Å². The summed E-state index contributed by atoms with van der Waals surface area (Å²) in [5, 5.41) is 2.94. The lowest BCUT2D eigenvalue weighted by Crippen LogP contribution is -2.40. The molecule has 4 aromatic rings. The molecule has 0 radical (unpaired) electrons. The van der Waals surface area contributed by atoms with E-state index in [0.29, 0.717) is 30.9 Å². The fourth-order valence-corrected chi connectivity index (χ4v) is 4.62. The number of benzene rings is 3. The number of aryl methyl sites for hydroxylation is 1. The van der Waals surface area contributed by atoms with Crippen molar-refractivity contribution in [3.63, 3.8) is 0 Å². The van der Waals surface area contributed by atoms with Gasteiger partial charge in [0.25, 0.3) is 5.56 Å². The summed E-state index contributed by atoms with van der Waals surface area (Å²) in [6.45, 7) is 4.58. The van der Waals surface area contributed by atoms with Crippen molar-refractivity contribution < 1.29 is 4.79 Å². The third-order valence-corrected chi connectivity index (χ3v) is 6.59. The van der Waals surface area contributed by atoms with Gasteiger partial charge in [-0.3, -0.25) is 19.1 Å². The smallest absolute Gasteiger partial charge is 0.257 e. The van der Waals surface area contributed by atoms with Crippen LogP contribution in [0, 0.1) is 6.92 Å². The van der Waals surface area contributed by atoms with E-state index in [1.807, 2.05) is 79.7 Å². The molecule has 0 unspecified atom stereocenters. The first-order valence-corrected chi connectivity index (χ1v) is 12.3. The maximum Gasteiger partial charge on any atom is 0.257 e. The lowest BCUT2D eigenvalue weighted by molar-refractivity contribution is -0.121. The third-order valence-electron chi connectivity index (χ3n) is 6.59. The second kappa shape index (κ2) is 10.7. The summed E-state index contributed by atoms with van der Waals surface area (Å²) in [5.74, 6) is 0.327. The number of nitrogens with zero attached hydrogens (tertiary/aromatic N) is 3. The van der Waals surface area contributed by atoms with Crippen molar-refractivity contribution >= 4 is 5.91 Å². The normalized spacial score (nSPS) is 13.2. The fourth-order valence-electron chi connectivity index (χ4n) is 4.62. The van der Waals surface area contributed by atoms with Crippen molar-refractivity contribution in [3.8, 4) is 11.4 Å². The molecule has 0 saturated heterocycles. The van der Waals surface area contributed by atoms with E-state index in [9.17, 15) is 9.59 Å². The van der Waals surface area contributed by atoms with Gasteiger partial charge in [0, 0.05) is 37.3 Å². The highest BCUT2D eigenvalue weighted by atomic mass is 16.2. The first-order chi connectivity index (χ1) is 17.6. The van der Waals surface area contributed by atoms with Crippen molar-refractivity contribution in [1.29, 1.82) is 0 Å². The molecule has 0 fully saturated rings. The van der Waals surface area contributed by atoms with Crippen LogP contribution in [0.5, 0.6) is 0 Å². The molecule has 1 aromatic heterocycles. The molecule has 0 atom stereocenters. The van der Waals surface area contributed by atoms with Crippen molar-refractivity contribution in [2.24, 2.45) is 0 Å².